The standard InChI is InChI=1S/C20H22FNO2S/c21-15-6-2-1-5-13(15)12-22-16-7-3-8-17(23)20(16)14(11-19(22)24)18-9-4-10-25-18/h1-2,4-6,9-10,14,16-17,20,23H,3,7-8,11-12H2/t14-,16-,17+,20-/m1/s1. The van der Waals surface area contributed by atoms with Crippen molar-refractivity contribution < 1.29 is 14.3 Å². The normalized spacial score (nSPS) is 29.5. The van der Waals surface area contributed by atoms with Gasteiger partial charge in [-0.15, -0.1) is 11.3 Å². The summed E-state index contributed by atoms with van der Waals surface area (Å²) in [4.78, 5) is 15.9. The number of carbonyl (C=O) groups excluding carboxylic acids is 1. The third-order valence-electron chi connectivity index (χ3n) is 5.68. The summed E-state index contributed by atoms with van der Waals surface area (Å²) in [5.41, 5.74) is 0.546. The van der Waals surface area contributed by atoms with Crippen molar-refractivity contribution in [2.75, 3.05) is 0 Å². The van der Waals surface area contributed by atoms with Crippen LogP contribution < -0.4 is 0 Å². The molecule has 1 saturated heterocycles. The summed E-state index contributed by atoms with van der Waals surface area (Å²) in [6, 6.07) is 10.7. The van der Waals surface area contributed by atoms with Crippen molar-refractivity contribution in [3.8, 4) is 0 Å². The number of likely N-dealkylation sites (tertiary alicyclic amines) is 1. The van der Waals surface area contributed by atoms with Gasteiger partial charge in [-0.05, 0) is 36.8 Å². The molecule has 1 saturated carbocycles. The zero-order chi connectivity index (χ0) is 17.4. The number of nitrogens with zero attached hydrogens (tertiary/aromatic N) is 1. The molecule has 2 fully saturated rings. The predicted octanol–water partition coefficient (Wildman–Crippen LogP) is 3.93. The zero-order valence-electron chi connectivity index (χ0n) is 14.0. The molecular weight excluding hydrogens is 337 g/mol. The Labute approximate surface area is 151 Å². The van der Waals surface area contributed by atoms with Crippen molar-refractivity contribution in [2.45, 2.75) is 50.3 Å². The van der Waals surface area contributed by atoms with E-state index in [-0.39, 0.29) is 36.1 Å². The van der Waals surface area contributed by atoms with Gasteiger partial charge in [0.25, 0.3) is 0 Å². The highest BCUT2D eigenvalue weighted by molar-refractivity contribution is 7.10. The molecule has 1 aliphatic carbocycles. The number of amides is 1. The van der Waals surface area contributed by atoms with Crippen molar-refractivity contribution >= 4 is 17.2 Å². The van der Waals surface area contributed by atoms with Gasteiger partial charge in [-0.3, -0.25) is 4.79 Å². The van der Waals surface area contributed by atoms with Gasteiger partial charge < -0.3 is 10.0 Å². The molecule has 1 N–H and O–H groups in total. The molecule has 4 atom stereocenters. The van der Waals surface area contributed by atoms with E-state index in [4.69, 9.17) is 0 Å². The second kappa shape index (κ2) is 6.89. The number of aliphatic hydroxyl groups excluding tert-OH is 1. The number of hydrogen-bond acceptors (Lipinski definition) is 3. The van der Waals surface area contributed by atoms with Crippen LogP contribution in [-0.2, 0) is 11.3 Å². The van der Waals surface area contributed by atoms with Crippen LogP contribution in [0.4, 0.5) is 4.39 Å². The predicted molar refractivity (Wildman–Crippen MR) is 95.8 cm³/mol. The van der Waals surface area contributed by atoms with Crippen molar-refractivity contribution in [2.24, 2.45) is 5.92 Å². The van der Waals surface area contributed by atoms with E-state index in [1.54, 1.807) is 29.5 Å². The average Bonchev–Trinajstić information content (AvgIpc) is 3.13. The first-order valence-electron chi connectivity index (χ1n) is 8.89. The number of thiophene rings is 1. The van der Waals surface area contributed by atoms with Gasteiger partial charge in [-0.2, -0.15) is 0 Å². The van der Waals surface area contributed by atoms with Crippen LogP contribution in [0, 0.1) is 11.7 Å². The molecule has 0 spiro atoms. The molecule has 0 unspecified atom stereocenters. The number of carbonyl (C=O) groups is 1. The molecule has 1 aromatic carbocycles. The molecule has 3 nitrogen and oxygen atoms in total. The van der Waals surface area contributed by atoms with Crippen LogP contribution in [0.15, 0.2) is 41.8 Å². The Kier molecular flexibility index (Phi) is 4.61. The molecule has 0 bridgehead atoms. The van der Waals surface area contributed by atoms with Crippen LogP contribution >= 0.6 is 11.3 Å². The summed E-state index contributed by atoms with van der Waals surface area (Å²) in [5.74, 6) is -0.0952. The van der Waals surface area contributed by atoms with Gasteiger partial charge in [-0.1, -0.05) is 24.3 Å². The maximum absolute atomic E-state index is 14.1. The van der Waals surface area contributed by atoms with E-state index < -0.39 is 6.10 Å². The summed E-state index contributed by atoms with van der Waals surface area (Å²) in [7, 11) is 0. The Bertz CT molecular complexity index is 748. The summed E-state index contributed by atoms with van der Waals surface area (Å²) in [6.45, 7) is 0.288. The van der Waals surface area contributed by atoms with Crippen LogP contribution in [0.1, 0.15) is 42.0 Å². The van der Waals surface area contributed by atoms with E-state index in [9.17, 15) is 14.3 Å². The van der Waals surface area contributed by atoms with Gasteiger partial charge in [0.2, 0.25) is 5.91 Å². The Hall–Kier alpha value is -1.72. The highest BCUT2D eigenvalue weighted by Crippen LogP contribution is 2.46. The lowest BCUT2D eigenvalue weighted by atomic mass is 9.69. The van der Waals surface area contributed by atoms with Crippen molar-refractivity contribution in [3.63, 3.8) is 0 Å². The van der Waals surface area contributed by atoms with Crippen molar-refractivity contribution in [3.05, 3.63) is 58.0 Å². The van der Waals surface area contributed by atoms with E-state index in [2.05, 4.69) is 6.07 Å². The summed E-state index contributed by atoms with van der Waals surface area (Å²) in [6.07, 6.45) is 2.56. The first kappa shape index (κ1) is 16.7. The maximum Gasteiger partial charge on any atom is 0.223 e. The first-order valence-corrected chi connectivity index (χ1v) is 9.77. The molecule has 25 heavy (non-hydrogen) atoms. The lowest BCUT2D eigenvalue weighted by Crippen LogP contribution is -2.56. The molecule has 132 valence electrons. The second-order valence-corrected chi connectivity index (χ2v) is 8.06. The third kappa shape index (κ3) is 3.11. The van der Waals surface area contributed by atoms with Crippen molar-refractivity contribution in [1.82, 2.24) is 4.90 Å². The lowest BCUT2D eigenvalue weighted by Gasteiger charge is -2.49. The Morgan fingerprint density at radius 1 is 1.20 bits per heavy atom. The lowest BCUT2D eigenvalue weighted by molar-refractivity contribution is -0.146. The minimum absolute atomic E-state index is 0.0169. The molecule has 2 aromatic rings. The topological polar surface area (TPSA) is 40.5 Å². The molecule has 0 radical (unpaired) electrons. The van der Waals surface area contributed by atoms with E-state index in [0.717, 1.165) is 19.3 Å². The van der Waals surface area contributed by atoms with Gasteiger partial charge in [0.1, 0.15) is 5.82 Å². The van der Waals surface area contributed by atoms with Gasteiger partial charge in [-0.25, -0.2) is 4.39 Å². The highest BCUT2D eigenvalue weighted by Gasteiger charge is 2.47. The summed E-state index contributed by atoms with van der Waals surface area (Å²) in [5, 5.41) is 12.7. The van der Waals surface area contributed by atoms with Crippen LogP contribution in [-0.4, -0.2) is 28.1 Å². The van der Waals surface area contributed by atoms with Gasteiger partial charge in [0.15, 0.2) is 0 Å². The molecule has 1 aliphatic heterocycles. The largest absolute Gasteiger partial charge is 0.393 e. The Morgan fingerprint density at radius 2 is 2.04 bits per heavy atom. The number of hydrogen-bond donors (Lipinski definition) is 1. The van der Waals surface area contributed by atoms with E-state index in [0.29, 0.717) is 12.0 Å². The number of rotatable bonds is 3. The van der Waals surface area contributed by atoms with Crippen molar-refractivity contribution in [1.29, 1.82) is 0 Å². The molecule has 1 amide bonds. The van der Waals surface area contributed by atoms with Crippen LogP contribution in [0.3, 0.4) is 0 Å². The highest BCUT2D eigenvalue weighted by atomic mass is 32.1. The molecule has 2 heterocycles. The van der Waals surface area contributed by atoms with E-state index >= 15 is 0 Å². The molecule has 4 rings (SSSR count). The fraction of sp³-hybridized carbons (Fsp3) is 0.450. The molecular formula is C20H22FNO2S. The van der Waals surface area contributed by atoms with Gasteiger partial charge in [0.05, 0.1) is 6.10 Å². The zero-order valence-corrected chi connectivity index (χ0v) is 14.8. The second-order valence-electron chi connectivity index (χ2n) is 7.08. The fourth-order valence-corrected chi connectivity index (χ4v) is 5.40. The molecule has 1 aromatic heterocycles. The third-order valence-corrected chi connectivity index (χ3v) is 6.68. The monoisotopic (exact) mass is 359 g/mol. The average molecular weight is 359 g/mol. The molecule has 5 heteroatoms. The maximum atomic E-state index is 14.1. The van der Waals surface area contributed by atoms with E-state index in [1.165, 1.54) is 10.9 Å². The Balaban J connectivity index is 1.65. The Morgan fingerprint density at radius 3 is 2.80 bits per heavy atom. The summed E-state index contributed by atoms with van der Waals surface area (Å²) >= 11 is 1.66. The van der Waals surface area contributed by atoms with Gasteiger partial charge in [0, 0.05) is 41.3 Å². The smallest absolute Gasteiger partial charge is 0.223 e. The minimum Gasteiger partial charge on any atom is -0.393 e. The van der Waals surface area contributed by atoms with Crippen LogP contribution in [0.2, 0.25) is 0 Å². The SMILES string of the molecule is O=C1C[C@H](c2cccs2)[C@@H]2[C@@H](CCC[C@@H]2O)N1Cc1ccccc1F. The number of halogens is 1. The van der Waals surface area contributed by atoms with E-state index in [1.807, 2.05) is 16.3 Å². The molecule has 2 aliphatic rings. The number of aliphatic hydroxyl groups is 1. The van der Waals surface area contributed by atoms with Crippen LogP contribution in [0.5, 0.6) is 0 Å². The summed E-state index contributed by atoms with van der Waals surface area (Å²) < 4.78 is 14.1. The number of fused-ring (bicyclic) bond motifs is 1. The quantitative estimate of drug-likeness (QED) is 0.902. The van der Waals surface area contributed by atoms with Crippen LogP contribution in [0.25, 0.3) is 0 Å². The number of piperidine rings is 1. The minimum atomic E-state index is -0.401. The first-order chi connectivity index (χ1) is 12.1. The number of benzene rings is 1. The van der Waals surface area contributed by atoms with Gasteiger partial charge >= 0.3 is 0 Å². The fourth-order valence-electron chi connectivity index (χ4n) is 4.51.